The fraction of sp³-hybridized carbons (Fsp3) is 0.286. The van der Waals surface area contributed by atoms with E-state index in [-0.39, 0.29) is 12.1 Å². The van der Waals surface area contributed by atoms with E-state index in [0.29, 0.717) is 16.7 Å². The highest BCUT2D eigenvalue weighted by Crippen LogP contribution is 2.37. The number of benzene rings is 1. The summed E-state index contributed by atoms with van der Waals surface area (Å²) in [5.41, 5.74) is -1.39. The van der Waals surface area contributed by atoms with Gasteiger partial charge in [-0.3, -0.25) is 4.79 Å². The van der Waals surface area contributed by atoms with Crippen molar-refractivity contribution in [2.45, 2.75) is 25.6 Å². The standard InChI is InChI=1S/C14H9F3N4O2/c1-7-4-11-12(22)20(13(23)21(11)19-7)9-3-2-8(6-18)10(5-9)14(15,16)17/h2-3,5,11H,4H2,1H3. The van der Waals surface area contributed by atoms with Crippen LogP contribution in [0.25, 0.3) is 0 Å². The second-order valence-corrected chi connectivity index (χ2v) is 5.20. The zero-order chi connectivity index (χ0) is 16.9. The van der Waals surface area contributed by atoms with Crippen molar-refractivity contribution in [2.75, 3.05) is 4.90 Å². The molecule has 6 nitrogen and oxygen atoms in total. The number of urea groups is 1. The molecule has 0 saturated carbocycles. The molecule has 3 rings (SSSR count). The molecule has 23 heavy (non-hydrogen) atoms. The minimum atomic E-state index is -4.77. The van der Waals surface area contributed by atoms with Crippen molar-refractivity contribution in [1.29, 1.82) is 5.26 Å². The number of amides is 3. The van der Waals surface area contributed by atoms with E-state index >= 15 is 0 Å². The first-order valence-corrected chi connectivity index (χ1v) is 6.56. The second kappa shape index (κ2) is 4.81. The molecule has 1 saturated heterocycles. The van der Waals surface area contributed by atoms with Gasteiger partial charge in [0.15, 0.2) is 0 Å². The molecule has 0 aliphatic carbocycles. The Bertz CT molecular complexity index is 794. The number of hydrogen-bond acceptors (Lipinski definition) is 4. The summed E-state index contributed by atoms with van der Waals surface area (Å²) in [6.07, 6.45) is -4.51. The van der Waals surface area contributed by atoms with Crippen LogP contribution in [0.3, 0.4) is 0 Å². The van der Waals surface area contributed by atoms with E-state index in [2.05, 4.69) is 5.10 Å². The van der Waals surface area contributed by atoms with Crippen LogP contribution in [0.1, 0.15) is 24.5 Å². The smallest absolute Gasteiger partial charge is 0.271 e. The topological polar surface area (TPSA) is 76.8 Å². The summed E-state index contributed by atoms with van der Waals surface area (Å²) < 4.78 is 39.0. The van der Waals surface area contributed by atoms with Gasteiger partial charge in [0.1, 0.15) is 6.04 Å². The van der Waals surface area contributed by atoms with Gasteiger partial charge in [-0.1, -0.05) is 0 Å². The summed E-state index contributed by atoms with van der Waals surface area (Å²) in [5.74, 6) is -0.631. The first-order chi connectivity index (χ1) is 10.7. The molecule has 1 atom stereocenters. The van der Waals surface area contributed by atoms with Crippen LogP contribution in [0.2, 0.25) is 0 Å². The Morgan fingerprint density at radius 3 is 2.61 bits per heavy atom. The first kappa shape index (κ1) is 15.0. The molecule has 2 aliphatic rings. The highest BCUT2D eigenvalue weighted by molar-refractivity contribution is 6.23. The molecule has 0 radical (unpaired) electrons. The molecule has 1 unspecified atom stereocenters. The zero-order valence-electron chi connectivity index (χ0n) is 11.8. The largest absolute Gasteiger partial charge is 0.417 e. The summed E-state index contributed by atoms with van der Waals surface area (Å²) in [6.45, 7) is 1.66. The lowest BCUT2D eigenvalue weighted by Crippen LogP contribution is -2.32. The number of nitrogens with zero attached hydrogens (tertiary/aromatic N) is 4. The van der Waals surface area contributed by atoms with Crippen molar-refractivity contribution in [1.82, 2.24) is 5.01 Å². The van der Waals surface area contributed by atoms with Crippen molar-refractivity contribution in [3.63, 3.8) is 0 Å². The molecule has 0 aromatic heterocycles. The van der Waals surface area contributed by atoms with E-state index < -0.39 is 35.3 Å². The summed E-state index contributed by atoms with van der Waals surface area (Å²) in [5, 5.41) is 13.7. The Morgan fingerprint density at radius 2 is 2.04 bits per heavy atom. The Morgan fingerprint density at radius 1 is 1.35 bits per heavy atom. The Kier molecular flexibility index (Phi) is 3.14. The minimum Gasteiger partial charge on any atom is -0.271 e. The molecule has 3 amide bonds. The third-order valence-corrected chi connectivity index (χ3v) is 3.64. The number of hydrazone groups is 1. The number of carbonyl (C=O) groups is 2. The highest BCUT2D eigenvalue weighted by atomic mass is 19.4. The van der Waals surface area contributed by atoms with E-state index in [9.17, 15) is 22.8 Å². The van der Waals surface area contributed by atoms with Crippen molar-refractivity contribution in [3.8, 4) is 6.07 Å². The molecular formula is C14H9F3N4O2. The van der Waals surface area contributed by atoms with E-state index in [4.69, 9.17) is 5.26 Å². The van der Waals surface area contributed by atoms with Gasteiger partial charge in [0.05, 0.1) is 22.9 Å². The van der Waals surface area contributed by atoms with Crippen LogP contribution < -0.4 is 4.90 Å². The maximum Gasteiger partial charge on any atom is 0.417 e. The van der Waals surface area contributed by atoms with Gasteiger partial charge in [-0.2, -0.15) is 23.5 Å². The number of carbonyl (C=O) groups excluding carboxylic acids is 2. The minimum absolute atomic E-state index is 0.228. The van der Waals surface area contributed by atoms with Crippen molar-refractivity contribution in [3.05, 3.63) is 29.3 Å². The average molecular weight is 322 g/mol. The van der Waals surface area contributed by atoms with Crippen LogP contribution in [-0.2, 0) is 11.0 Å². The molecular weight excluding hydrogens is 313 g/mol. The molecule has 2 heterocycles. The van der Waals surface area contributed by atoms with Crippen LogP contribution in [0, 0.1) is 11.3 Å². The number of hydrogen-bond donors (Lipinski definition) is 0. The third kappa shape index (κ3) is 2.23. The van der Waals surface area contributed by atoms with E-state index in [1.165, 1.54) is 6.07 Å². The van der Waals surface area contributed by atoms with E-state index in [1.54, 1.807) is 6.92 Å². The zero-order valence-corrected chi connectivity index (χ0v) is 11.8. The fourth-order valence-electron chi connectivity index (χ4n) is 2.62. The maximum absolute atomic E-state index is 13.0. The van der Waals surface area contributed by atoms with Gasteiger partial charge in [-0.15, -0.1) is 0 Å². The van der Waals surface area contributed by atoms with Crippen molar-refractivity contribution < 1.29 is 22.8 Å². The predicted octanol–water partition coefficient (Wildman–Crippen LogP) is 2.49. The molecule has 9 heteroatoms. The Balaban J connectivity index is 2.05. The molecule has 0 spiro atoms. The van der Waals surface area contributed by atoms with Gasteiger partial charge in [0.2, 0.25) is 0 Å². The van der Waals surface area contributed by atoms with Crippen molar-refractivity contribution >= 4 is 23.3 Å². The van der Waals surface area contributed by atoms with Crippen LogP contribution in [0.15, 0.2) is 23.3 Å². The SMILES string of the molecule is CC1=NN2C(=O)N(c3ccc(C#N)c(C(F)(F)F)c3)C(=O)C2C1. The lowest BCUT2D eigenvalue weighted by atomic mass is 10.1. The van der Waals surface area contributed by atoms with Gasteiger partial charge in [0.25, 0.3) is 5.91 Å². The van der Waals surface area contributed by atoms with E-state index in [1.807, 2.05) is 0 Å². The van der Waals surface area contributed by atoms with Gasteiger partial charge in [-0.25, -0.2) is 14.7 Å². The van der Waals surface area contributed by atoms with Gasteiger partial charge < -0.3 is 0 Å². The van der Waals surface area contributed by atoms with Crippen LogP contribution in [-0.4, -0.2) is 28.7 Å². The van der Waals surface area contributed by atoms with Crippen LogP contribution >= 0.6 is 0 Å². The number of imide groups is 1. The number of nitriles is 1. The quantitative estimate of drug-likeness (QED) is 0.745. The van der Waals surface area contributed by atoms with Crippen LogP contribution in [0.5, 0.6) is 0 Å². The molecule has 2 aliphatic heterocycles. The molecule has 1 fully saturated rings. The van der Waals surface area contributed by atoms with Gasteiger partial charge in [-0.05, 0) is 25.1 Å². The summed E-state index contributed by atoms with van der Waals surface area (Å²) in [6, 6.07) is 2.55. The summed E-state index contributed by atoms with van der Waals surface area (Å²) in [7, 11) is 0. The third-order valence-electron chi connectivity index (χ3n) is 3.64. The number of anilines is 1. The number of fused-ring (bicyclic) bond motifs is 1. The van der Waals surface area contributed by atoms with Crippen LogP contribution in [0.4, 0.5) is 23.7 Å². The fourth-order valence-corrected chi connectivity index (χ4v) is 2.62. The number of rotatable bonds is 1. The highest BCUT2D eigenvalue weighted by Gasteiger charge is 2.49. The lowest BCUT2D eigenvalue weighted by molar-refractivity contribution is -0.137. The molecule has 118 valence electrons. The molecule has 1 aromatic carbocycles. The number of alkyl halides is 3. The molecule has 1 aromatic rings. The average Bonchev–Trinajstić information content (AvgIpc) is 2.96. The van der Waals surface area contributed by atoms with Gasteiger partial charge in [0, 0.05) is 12.1 Å². The normalized spacial score (nSPS) is 20.7. The summed E-state index contributed by atoms with van der Waals surface area (Å²) in [4.78, 5) is 25.2. The predicted molar refractivity (Wildman–Crippen MR) is 72.4 cm³/mol. The maximum atomic E-state index is 13.0. The Hall–Kier alpha value is -2.89. The monoisotopic (exact) mass is 322 g/mol. The first-order valence-electron chi connectivity index (χ1n) is 6.56. The second-order valence-electron chi connectivity index (χ2n) is 5.20. The van der Waals surface area contributed by atoms with E-state index in [0.717, 1.165) is 17.1 Å². The summed E-state index contributed by atoms with van der Waals surface area (Å²) >= 11 is 0. The Labute approximate surface area is 128 Å². The number of halogens is 3. The lowest BCUT2D eigenvalue weighted by Gasteiger charge is -2.17. The molecule has 0 N–H and O–H groups in total. The molecule has 0 bridgehead atoms. The van der Waals surface area contributed by atoms with Crippen molar-refractivity contribution in [2.24, 2.45) is 5.10 Å². The van der Waals surface area contributed by atoms with Gasteiger partial charge >= 0.3 is 12.2 Å².